The number of ether oxygens (including phenoxy) is 2. The predicted molar refractivity (Wildman–Crippen MR) is 73.2 cm³/mol. The number of phenolic OH excluding ortho intramolecular Hbond substituents is 2. The number of methoxy groups -OCH3 is 1. The molecule has 3 rings (SSSR count). The van der Waals surface area contributed by atoms with E-state index >= 15 is 0 Å². The van der Waals surface area contributed by atoms with Crippen LogP contribution in [0.5, 0.6) is 17.2 Å². The largest absolute Gasteiger partial charge is 0.507 e. The number of aliphatic hydroxyl groups is 1. The van der Waals surface area contributed by atoms with E-state index in [1.54, 1.807) is 0 Å². The lowest BCUT2D eigenvalue weighted by atomic mass is 9.70. The first-order valence-electron chi connectivity index (χ1n) is 6.84. The van der Waals surface area contributed by atoms with Crippen molar-refractivity contribution in [3.63, 3.8) is 0 Å². The molecule has 118 valence electrons. The van der Waals surface area contributed by atoms with Crippen molar-refractivity contribution in [1.82, 2.24) is 0 Å². The second kappa shape index (κ2) is 4.69. The number of benzene rings is 1. The first kappa shape index (κ1) is 14.8. The maximum atomic E-state index is 12.7. The molecule has 1 aromatic rings. The molecule has 22 heavy (non-hydrogen) atoms. The van der Waals surface area contributed by atoms with Gasteiger partial charge in [0, 0.05) is 18.4 Å². The maximum absolute atomic E-state index is 12.7. The molecule has 0 bridgehead atoms. The summed E-state index contributed by atoms with van der Waals surface area (Å²) in [5, 5.41) is 30.2. The van der Waals surface area contributed by atoms with E-state index in [0.29, 0.717) is 0 Å². The third-order valence-corrected chi connectivity index (χ3v) is 4.29. The molecule has 3 atom stereocenters. The third-order valence-electron chi connectivity index (χ3n) is 4.29. The molecule has 1 heterocycles. The average molecular weight is 308 g/mol. The number of carbonyl (C=O) groups is 2. The first-order valence-corrected chi connectivity index (χ1v) is 6.84. The predicted octanol–water partition coefficient (Wildman–Crippen LogP) is 0.847. The Morgan fingerprint density at radius 2 is 1.86 bits per heavy atom. The van der Waals surface area contributed by atoms with E-state index in [-0.39, 0.29) is 29.9 Å². The van der Waals surface area contributed by atoms with Crippen molar-refractivity contribution in [1.29, 1.82) is 0 Å². The quantitative estimate of drug-likeness (QED) is 0.659. The van der Waals surface area contributed by atoms with Crippen molar-refractivity contribution in [2.75, 3.05) is 13.7 Å². The summed E-state index contributed by atoms with van der Waals surface area (Å²) in [4.78, 5) is 25.2. The standard InChI is InChI=1S/C15H16O7/c1-15(20)4-6-7(5-22-15)13(18)10-8(16)3-9(21-2)14(19)11(10)12(6)17/h3,6-7,16,19-20H,4-5H2,1-2H3/t6-,7+,15-/m1/s1. The van der Waals surface area contributed by atoms with Gasteiger partial charge in [0.2, 0.25) is 0 Å². The molecule has 1 saturated heterocycles. The molecule has 7 nitrogen and oxygen atoms in total. The summed E-state index contributed by atoms with van der Waals surface area (Å²) in [6, 6.07) is 1.10. The van der Waals surface area contributed by atoms with E-state index in [9.17, 15) is 24.9 Å². The highest BCUT2D eigenvalue weighted by Gasteiger charge is 2.50. The van der Waals surface area contributed by atoms with Gasteiger partial charge in [0.05, 0.1) is 30.8 Å². The van der Waals surface area contributed by atoms with Gasteiger partial charge in [-0.2, -0.15) is 0 Å². The van der Waals surface area contributed by atoms with E-state index in [1.165, 1.54) is 14.0 Å². The van der Waals surface area contributed by atoms with Crippen molar-refractivity contribution >= 4 is 11.6 Å². The molecule has 2 aliphatic rings. The van der Waals surface area contributed by atoms with Crippen LogP contribution in [0.3, 0.4) is 0 Å². The van der Waals surface area contributed by atoms with E-state index in [1.807, 2.05) is 0 Å². The highest BCUT2D eigenvalue weighted by atomic mass is 16.6. The molecule has 0 radical (unpaired) electrons. The average Bonchev–Trinajstić information content (AvgIpc) is 2.45. The molecule has 0 spiro atoms. The van der Waals surface area contributed by atoms with Gasteiger partial charge in [-0.15, -0.1) is 0 Å². The molecule has 0 unspecified atom stereocenters. The Balaban J connectivity index is 2.19. The fourth-order valence-electron chi connectivity index (χ4n) is 3.18. The summed E-state index contributed by atoms with van der Waals surface area (Å²) in [6.07, 6.45) is -0.0565. The SMILES string of the molecule is COc1cc(O)c2c(c1O)C(=O)[C@@H]1C[C@](C)(O)OC[C@@H]1C2=O. The molecule has 1 aromatic carbocycles. The van der Waals surface area contributed by atoms with Crippen LogP contribution in [0.1, 0.15) is 34.1 Å². The molecule has 1 aliphatic carbocycles. The van der Waals surface area contributed by atoms with E-state index in [2.05, 4.69) is 0 Å². The summed E-state index contributed by atoms with van der Waals surface area (Å²) in [7, 11) is 1.28. The van der Waals surface area contributed by atoms with Gasteiger partial charge in [-0.05, 0) is 6.92 Å². The fourth-order valence-corrected chi connectivity index (χ4v) is 3.18. The topological polar surface area (TPSA) is 113 Å². The highest BCUT2D eigenvalue weighted by Crippen LogP contribution is 2.47. The van der Waals surface area contributed by atoms with E-state index < -0.39 is 40.7 Å². The normalized spacial score (nSPS) is 30.7. The van der Waals surface area contributed by atoms with Crippen molar-refractivity contribution in [2.45, 2.75) is 19.1 Å². The van der Waals surface area contributed by atoms with Gasteiger partial charge in [-0.3, -0.25) is 9.59 Å². The molecule has 7 heteroatoms. The minimum absolute atomic E-state index is 0.0565. The Morgan fingerprint density at radius 3 is 2.50 bits per heavy atom. The van der Waals surface area contributed by atoms with Gasteiger partial charge in [-0.1, -0.05) is 0 Å². The number of hydrogen-bond acceptors (Lipinski definition) is 7. The molecule has 0 amide bonds. The third kappa shape index (κ3) is 1.97. The number of rotatable bonds is 1. The van der Waals surface area contributed by atoms with Crippen LogP contribution in [-0.4, -0.2) is 46.4 Å². The molecule has 1 aliphatic heterocycles. The lowest BCUT2D eigenvalue weighted by Crippen LogP contribution is -2.49. The number of Topliss-reactive ketones (excluding diaryl/α,β-unsaturated/α-hetero) is 2. The van der Waals surface area contributed by atoms with Crippen LogP contribution in [0.2, 0.25) is 0 Å². The van der Waals surface area contributed by atoms with Gasteiger partial charge in [0.25, 0.3) is 0 Å². The lowest BCUT2D eigenvalue weighted by molar-refractivity contribution is -0.227. The zero-order valence-corrected chi connectivity index (χ0v) is 12.1. The van der Waals surface area contributed by atoms with Gasteiger partial charge < -0.3 is 24.8 Å². The minimum atomic E-state index is -1.51. The number of ketones is 2. The lowest BCUT2D eigenvalue weighted by Gasteiger charge is -2.40. The zero-order chi connectivity index (χ0) is 16.2. The number of carbonyl (C=O) groups excluding carboxylic acids is 2. The smallest absolute Gasteiger partial charge is 0.173 e. The summed E-state index contributed by atoms with van der Waals surface area (Å²) < 4.78 is 10.1. The van der Waals surface area contributed by atoms with Crippen LogP contribution in [0.25, 0.3) is 0 Å². The minimum Gasteiger partial charge on any atom is -0.507 e. The zero-order valence-electron chi connectivity index (χ0n) is 12.1. The Morgan fingerprint density at radius 1 is 1.23 bits per heavy atom. The van der Waals surface area contributed by atoms with Crippen molar-refractivity contribution < 1.29 is 34.4 Å². The van der Waals surface area contributed by atoms with Crippen LogP contribution in [-0.2, 0) is 4.74 Å². The second-order valence-electron chi connectivity index (χ2n) is 5.83. The van der Waals surface area contributed by atoms with Crippen LogP contribution >= 0.6 is 0 Å². The molecule has 3 N–H and O–H groups in total. The Bertz CT molecular complexity index is 677. The molecule has 0 aromatic heterocycles. The maximum Gasteiger partial charge on any atom is 0.173 e. The fraction of sp³-hybridized carbons (Fsp3) is 0.467. The summed E-state index contributed by atoms with van der Waals surface area (Å²) in [5.74, 6) is -5.06. The van der Waals surface area contributed by atoms with Crippen molar-refractivity contribution in [2.24, 2.45) is 11.8 Å². The summed E-state index contributed by atoms with van der Waals surface area (Å²) in [6.45, 7) is 1.30. The Labute approximate surface area is 126 Å². The first-order chi connectivity index (χ1) is 10.3. The van der Waals surface area contributed by atoms with Crippen LogP contribution in [0, 0.1) is 11.8 Å². The van der Waals surface area contributed by atoms with E-state index in [0.717, 1.165) is 6.07 Å². The second-order valence-corrected chi connectivity index (χ2v) is 5.83. The van der Waals surface area contributed by atoms with Crippen LogP contribution in [0.15, 0.2) is 6.07 Å². The number of phenols is 2. The van der Waals surface area contributed by atoms with Crippen molar-refractivity contribution in [3.05, 3.63) is 17.2 Å². The summed E-state index contributed by atoms with van der Waals surface area (Å²) in [5.41, 5.74) is -0.463. The molecular weight excluding hydrogens is 292 g/mol. The molecular formula is C15H16O7. The molecule has 0 saturated carbocycles. The van der Waals surface area contributed by atoms with Gasteiger partial charge in [-0.25, -0.2) is 0 Å². The monoisotopic (exact) mass is 308 g/mol. The highest BCUT2D eigenvalue weighted by molar-refractivity contribution is 6.19. The number of fused-ring (bicyclic) bond motifs is 2. The van der Waals surface area contributed by atoms with E-state index in [4.69, 9.17) is 9.47 Å². The number of aromatic hydroxyl groups is 2. The Hall–Kier alpha value is -2.12. The number of hydrogen-bond donors (Lipinski definition) is 3. The molecule has 1 fully saturated rings. The Kier molecular flexibility index (Phi) is 3.15. The van der Waals surface area contributed by atoms with Crippen LogP contribution < -0.4 is 4.74 Å². The van der Waals surface area contributed by atoms with Gasteiger partial charge in [0.1, 0.15) is 5.75 Å². The van der Waals surface area contributed by atoms with Gasteiger partial charge in [0.15, 0.2) is 28.9 Å². The van der Waals surface area contributed by atoms with Crippen LogP contribution in [0.4, 0.5) is 0 Å². The van der Waals surface area contributed by atoms with Crippen molar-refractivity contribution in [3.8, 4) is 17.2 Å². The van der Waals surface area contributed by atoms with Gasteiger partial charge >= 0.3 is 0 Å². The summed E-state index contributed by atoms with van der Waals surface area (Å²) >= 11 is 0.